The van der Waals surface area contributed by atoms with Crippen LogP contribution in [-0.2, 0) is 0 Å². The van der Waals surface area contributed by atoms with Crippen LogP contribution in [0.3, 0.4) is 0 Å². The predicted molar refractivity (Wildman–Crippen MR) is 51.8 cm³/mol. The van der Waals surface area contributed by atoms with Crippen LogP contribution in [0, 0.1) is 0 Å². The van der Waals surface area contributed by atoms with E-state index in [1.807, 2.05) is 0 Å². The molecule has 0 saturated heterocycles. The van der Waals surface area contributed by atoms with Crippen LogP contribution in [0.5, 0.6) is 0 Å². The second-order valence-electron chi connectivity index (χ2n) is 2.96. The van der Waals surface area contributed by atoms with Gasteiger partial charge in [0.15, 0.2) is 0 Å². The van der Waals surface area contributed by atoms with E-state index >= 15 is 0 Å². The van der Waals surface area contributed by atoms with E-state index in [0.717, 1.165) is 0 Å². The van der Waals surface area contributed by atoms with E-state index in [-0.39, 0.29) is 5.56 Å². The average molecular weight is 198 g/mol. The van der Waals surface area contributed by atoms with Gasteiger partial charge in [-0.15, -0.1) is 0 Å². The molecule has 0 saturated carbocycles. The molecule has 0 aliphatic carbocycles. The molecule has 0 amide bonds. The minimum absolute atomic E-state index is 0.0369. The second-order valence-corrected chi connectivity index (χ2v) is 2.96. The lowest BCUT2D eigenvalue weighted by atomic mass is 10.1. The third-order valence-corrected chi connectivity index (χ3v) is 1.90. The number of halogens is 3. The smallest absolute Gasteiger partial charge is 0.166 e. The van der Waals surface area contributed by atoms with Gasteiger partial charge in [0.05, 0.1) is 5.57 Å². The maximum absolute atomic E-state index is 12.2. The summed E-state index contributed by atoms with van der Waals surface area (Å²) in [4.78, 5) is 0. The van der Waals surface area contributed by atoms with Crippen LogP contribution in [0.15, 0.2) is 24.8 Å². The summed E-state index contributed by atoms with van der Waals surface area (Å²) in [6, 6.07) is 4.17. The third kappa shape index (κ3) is 2.05. The summed E-state index contributed by atoms with van der Waals surface area (Å²) in [6.07, 6.45) is -4.39. The fourth-order valence-electron chi connectivity index (χ4n) is 0.977. The van der Waals surface area contributed by atoms with E-state index in [0.29, 0.717) is 10.4 Å². The maximum atomic E-state index is 12.2. The SMILES string of the molecule is C=C(c1ccc(=C)c(=C)c1)C(F)(F)F. The van der Waals surface area contributed by atoms with Crippen molar-refractivity contribution >= 4 is 18.7 Å². The maximum Gasteiger partial charge on any atom is 0.416 e. The zero-order valence-electron chi connectivity index (χ0n) is 7.49. The van der Waals surface area contributed by atoms with Crippen LogP contribution in [-0.4, -0.2) is 6.18 Å². The molecule has 1 rings (SSSR count). The van der Waals surface area contributed by atoms with Gasteiger partial charge < -0.3 is 0 Å². The minimum Gasteiger partial charge on any atom is -0.166 e. The Morgan fingerprint density at radius 2 is 1.64 bits per heavy atom. The van der Waals surface area contributed by atoms with Crippen molar-refractivity contribution in [3.05, 3.63) is 40.8 Å². The lowest BCUT2D eigenvalue weighted by molar-refractivity contribution is -0.0686. The van der Waals surface area contributed by atoms with Gasteiger partial charge in [-0.2, -0.15) is 13.2 Å². The first kappa shape index (κ1) is 10.6. The van der Waals surface area contributed by atoms with Gasteiger partial charge in [-0.3, -0.25) is 0 Å². The van der Waals surface area contributed by atoms with Crippen LogP contribution in [0.1, 0.15) is 5.56 Å². The van der Waals surface area contributed by atoms with Gasteiger partial charge in [0, 0.05) is 0 Å². The molecule has 0 bridgehead atoms. The number of hydrogen-bond acceptors (Lipinski definition) is 0. The standard InChI is InChI=1S/C11H9F3/c1-7-4-5-10(6-8(7)2)9(3)11(12,13)14/h4-6H,1-3H2. The van der Waals surface area contributed by atoms with Gasteiger partial charge in [0.25, 0.3) is 0 Å². The Morgan fingerprint density at radius 3 is 2.07 bits per heavy atom. The lowest BCUT2D eigenvalue weighted by Crippen LogP contribution is -2.22. The number of rotatable bonds is 1. The minimum atomic E-state index is -4.39. The molecule has 0 fully saturated rings. The van der Waals surface area contributed by atoms with Crippen molar-refractivity contribution in [1.29, 1.82) is 0 Å². The first-order valence-electron chi connectivity index (χ1n) is 3.87. The molecule has 3 heteroatoms. The topological polar surface area (TPSA) is 0 Å². The Hall–Kier alpha value is -1.51. The quantitative estimate of drug-likeness (QED) is 0.648. The van der Waals surface area contributed by atoms with Crippen LogP contribution in [0.2, 0.25) is 0 Å². The van der Waals surface area contributed by atoms with Crippen LogP contribution in [0.4, 0.5) is 13.2 Å². The fourth-order valence-corrected chi connectivity index (χ4v) is 0.977. The molecular weight excluding hydrogens is 189 g/mol. The van der Waals surface area contributed by atoms with E-state index in [9.17, 15) is 13.2 Å². The fraction of sp³-hybridized carbons (Fsp3) is 0.0909. The van der Waals surface area contributed by atoms with E-state index in [1.54, 1.807) is 0 Å². The summed E-state index contributed by atoms with van der Waals surface area (Å²) in [7, 11) is 0. The molecule has 14 heavy (non-hydrogen) atoms. The highest BCUT2D eigenvalue weighted by Crippen LogP contribution is 2.30. The van der Waals surface area contributed by atoms with Crippen molar-refractivity contribution in [1.82, 2.24) is 0 Å². The molecule has 74 valence electrons. The molecule has 0 spiro atoms. The highest BCUT2D eigenvalue weighted by atomic mass is 19.4. The van der Waals surface area contributed by atoms with E-state index in [1.165, 1.54) is 18.2 Å². The Bertz CT molecular complexity index is 454. The molecule has 0 N–H and O–H groups in total. The van der Waals surface area contributed by atoms with Crippen molar-refractivity contribution < 1.29 is 13.2 Å². The van der Waals surface area contributed by atoms with Gasteiger partial charge in [-0.25, -0.2) is 0 Å². The molecule has 0 aliphatic heterocycles. The van der Waals surface area contributed by atoms with Crippen molar-refractivity contribution in [2.75, 3.05) is 0 Å². The van der Waals surface area contributed by atoms with Gasteiger partial charge in [0.2, 0.25) is 0 Å². The number of allylic oxidation sites excluding steroid dienone is 1. The van der Waals surface area contributed by atoms with Gasteiger partial charge in [-0.1, -0.05) is 31.9 Å². The largest absolute Gasteiger partial charge is 0.416 e. The van der Waals surface area contributed by atoms with Crippen LogP contribution >= 0.6 is 0 Å². The summed E-state index contributed by atoms with van der Waals surface area (Å²) in [5.74, 6) is 0. The molecule has 0 radical (unpaired) electrons. The molecular formula is C11H9F3. The molecule has 0 nitrogen and oxygen atoms in total. The van der Waals surface area contributed by atoms with Gasteiger partial charge >= 0.3 is 6.18 Å². The van der Waals surface area contributed by atoms with E-state index < -0.39 is 11.7 Å². The van der Waals surface area contributed by atoms with E-state index in [2.05, 4.69) is 19.7 Å². The van der Waals surface area contributed by atoms with E-state index in [4.69, 9.17) is 0 Å². The Balaban J connectivity index is 3.23. The monoisotopic (exact) mass is 198 g/mol. The molecule has 1 aromatic carbocycles. The summed E-state index contributed by atoms with van der Waals surface area (Å²) in [6.45, 7) is 10.2. The zero-order valence-corrected chi connectivity index (χ0v) is 7.49. The highest BCUT2D eigenvalue weighted by Gasteiger charge is 2.32. The predicted octanol–water partition coefficient (Wildman–Crippen LogP) is 2.08. The van der Waals surface area contributed by atoms with Crippen molar-refractivity contribution in [2.45, 2.75) is 6.18 Å². The lowest BCUT2D eigenvalue weighted by Gasteiger charge is -2.09. The summed E-state index contributed by atoms with van der Waals surface area (Å²) in [5, 5.41) is 1.09. The molecule has 1 aromatic rings. The molecule has 0 unspecified atom stereocenters. The summed E-state index contributed by atoms with van der Waals surface area (Å²) < 4.78 is 36.7. The van der Waals surface area contributed by atoms with Crippen molar-refractivity contribution in [3.8, 4) is 0 Å². The first-order valence-corrected chi connectivity index (χ1v) is 3.87. The normalized spacial score (nSPS) is 11.4. The molecule has 0 aliphatic rings. The Morgan fingerprint density at radius 1 is 1.07 bits per heavy atom. The highest BCUT2D eigenvalue weighted by molar-refractivity contribution is 5.67. The van der Waals surface area contributed by atoms with Crippen LogP contribution < -0.4 is 10.4 Å². The molecule has 0 heterocycles. The zero-order chi connectivity index (χ0) is 10.9. The summed E-state index contributed by atoms with van der Waals surface area (Å²) >= 11 is 0. The summed E-state index contributed by atoms with van der Waals surface area (Å²) in [5.41, 5.74) is -0.822. The van der Waals surface area contributed by atoms with Gasteiger partial charge in [0.1, 0.15) is 0 Å². The Labute approximate surface area is 79.7 Å². The number of benzene rings is 1. The second kappa shape index (κ2) is 3.33. The van der Waals surface area contributed by atoms with Crippen molar-refractivity contribution in [3.63, 3.8) is 0 Å². The number of hydrogen-bond donors (Lipinski definition) is 0. The average Bonchev–Trinajstić information content (AvgIpc) is 2.07. The Kier molecular flexibility index (Phi) is 2.51. The van der Waals surface area contributed by atoms with Gasteiger partial charge in [-0.05, 0) is 22.1 Å². The number of alkyl halides is 3. The molecule has 0 atom stereocenters. The molecule has 0 aromatic heterocycles. The third-order valence-electron chi connectivity index (χ3n) is 1.90. The van der Waals surface area contributed by atoms with Crippen LogP contribution in [0.25, 0.3) is 18.7 Å². The first-order chi connectivity index (χ1) is 6.32. The van der Waals surface area contributed by atoms with Crippen molar-refractivity contribution in [2.24, 2.45) is 0 Å².